The molecule has 2 atom stereocenters. The molecule has 0 heterocycles. The highest BCUT2D eigenvalue weighted by Gasteiger charge is 2.48. The van der Waals surface area contributed by atoms with Gasteiger partial charge in [0.2, 0.25) is 11.8 Å². The normalized spacial score (nSPS) is 15.3. The summed E-state index contributed by atoms with van der Waals surface area (Å²) in [5.41, 5.74) is 0. The van der Waals surface area contributed by atoms with Crippen LogP contribution in [0.4, 0.5) is 61.5 Å². The van der Waals surface area contributed by atoms with E-state index in [1.807, 2.05) is 0 Å². The number of rotatable bonds is 13. The second-order valence-corrected chi connectivity index (χ2v) is 8.14. The first-order chi connectivity index (χ1) is 16.6. The fraction of sp³-hybridized carbons (Fsp3) is 0.905. The average molecular weight is 598 g/mol. The lowest BCUT2D eigenvalue weighted by Crippen LogP contribution is -2.37. The summed E-state index contributed by atoms with van der Waals surface area (Å²) in [7, 11) is 0. The summed E-state index contributed by atoms with van der Waals surface area (Å²) in [5.74, 6) is -9.18. The SMILES string of the molecule is CCC(C)(F)F.CCC(C)(F)OC(F)(F)CC(F)(F)F.CCC(C)OC(F)(F)CC(F)(F)COC=C(F)F. The number of halogens is 14. The van der Waals surface area contributed by atoms with Gasteiger partial charge in [-0.3, -0.25) is 4.74 Å². The maximum Gasteiger partial charge on any atom is 0.397 e. The first-order valence-corrected chi connectivity index (χ1v) is 10.9. The standard InChI is InChI=1S/C10H14F6O2.C7H10F6O.C4H8F2/c1-3-7(2)18-10(15,16)5-9(13,14)6-17-4-8(11)12;1-3-5(2,8)14-7(12,13)4-6(9,10)11;1-3-4(2,5)6/h4,7H,3,5-6H2,1-2H3;3-4H2,1-2H3;3H2,1-2H3. The molecule has 2 unspecified atom stereocenters. The van der Waals surface area contributed by atoms with Crippen molar-refractivity contribution >= 4 is 0 Å². The maximum absolute atomic E-state index is 13.0. The van der Waals surface area contributed by atoms with Gasteiger partial charge in [-0.2, -0.15) is 39.5 Å². The second kappa shape index (κ2) is 16.6. The number of alkyl halides is 12. The van der Waals surface area contributed by atoms with E-state index in [0.717, 1.165) is 6.92 Å². The Morgan fingerprint density at radius 3 is 1.50 bits per heavy atom. The van der Waals surface area contributed by atoms with Gasteiger partial charge in [0.05, 0.1) is 6.10 Å². The van der Waals surface area contributed by atoms with E-state index in [0.29, 0.717) is 6.92 Å². The fourth-order valence-corrected chi connectivity index (χ4v) is 1.65. The van der Waals surface area contributed by atoms with Crippen molar-refractivity contribution in [2.75, 3.05) is 6.61 Å². The third-order valence-electron chi connectivity index (χ3n) is 3.90. The molecule has 0 aliphatic heterocycles. The number of ether oxygens (including phenoxy) is 3. The summed E-state index contributed by atoms with van der Waals surface area (Å²) in [6, 6.07) is 0. The molecule has 232 valence electrons. The molecule has 0 amide bonds. The van der Waals surface area contributed by atoms with Gasteiger partial charge in [0.15, 0.2) is 6.61 Å². The van der Waals surface area contributed by atoms with E-state index < -0.39 is 74.1 Å². The summed E-state index contributed by atoms with van der Waals surface area (Å²) >= 11 is 0. The third-order valence-corrected chi connectivity index (χ3v) is 3.90. The molecule has 0 bridgehead atoms. The minimum absolute atomic E-state index is 0.0625. The Morgan fingerprint density at radius 1 is 0.737 bits per heavy atom. The Kier molecular flexibility index (Phi) is 17.8. The summed E-state index contributed by atoms with van der Waals surface area (Å²) < 4.78 is 181. The van der Waals surface area contributed by atoms with Crippen LogP contribution in [-0.2, 0) is 14.2 Å². The van der Waals surface area contributed by atoms with Gasteiger partial charge in [-0.05, 0) is 27.2 Å². The molecule has 38 heavy (non-hydrogen) atoms. The molecule has 0 aromatic carbocycles. The van der Waals surface area contributed by atoms with Crippen LogP contribution in [0.25, 0.3) is 0 Å². The van der Waals surface area contributed by atoms with E-state index >= 15 is 0 Å². The minimum atomic E-state index is -5.09. The molecule has 0 saturated carbocycles. The maximum atomic E-state index is 13.0. The highest BCUT2D eigenvalue weighted by molar-refractivity contribution is 4.76. The van der Waals surface area contributed by atoms with Crippen molar-refractivity contribution in [1.29, 1.82) is 0 Å². The predicted octanol–water partition coefficient (Wildman–Crippen LogP) is 9.87. The van der Waals surface area contributed by atoms with Crippen molar-refractivity contribution in [3.05, 3.63) is 12.3 Å². The van der Waals surface area contributed by atoms with Gasteiger partial charge in [0.25, 0.3) is 5.92 Å². The van der Waals surface area contributed by atoms with Crippen molar-refractivity contribution in [3.63, 3.8) is 0 Å². The largest absolute Gasteiger partial charge is 0.489 e. The van der Waals surface area contributed by atoms with Crippen LogP contribution in [0.3, 0.4) is 0 Å². The molecule has 3 nitrogen and oxygen atoms in total. The Labute approximate surface area is 211 Å². The van der Waals surface area contributed by atoms with Crippen LogP contribution in [0.15, 0.2) is 12.3 Å². The van der Waals surface area contributed by atoms with E-state index in [-0.39, 0.29) is 19.1 Å². The molecule has 0 aromatic heterocycles. The van der Waals surface area contributed by atoms with Gasteiger partial charge in [-0.25, -0.2) is 22.0 Å². The van der Waals surface area contributed by atoms with Gasteiger partial charge in [-0.1, -0.05) is 20.8 Å². The van der Waals surface area contributed by atoms with Gasteiger partial charge in [-0.15, -0.1) is 0 Å². The van der Waals surface area contributed by atoms with Gasteiger partial charge in [0.1, 0.15) is 19.1 Å². The zero-order valence-electron chi connectivity index (χ0n) is 21.4. The first kappa shape index (κ1) is 41.0. The van der Waals surface area contributed by atoms with Gasteiger partial charge < -0.3 is 9.47 Å². The first-order valence-electron chi connectivity index (χ1n) is 10.9. The summed E-state index contributed by atoms with van der Waals surface area (Å²) in [6.45, 7) is 5.50. The lowest BCUT2D eigenvalue weighted by Gasteiger charge is -2.26. The Balaban J connectivity index is -0.000000542. The zero-order valence-corrected chi connectivity index (χ0v) is 21.4. The molecule has 17 heteroatoms. The van der Waals surface area contributed by atoms with Crippen molar-refractivity contribution in [1.82, 2.24) is 0 Å². The molecule has 0 radical (unpaired) electrons. The van der Waals surface area contributed by atoms with Crippen molar-refractivity contribution in [3.8, 4) is 0 Å². The zero-order chi connectivity index (χ0) is 31.2. The van der Waals surface area contributed by atoms with Gasteiger partial charge in [0, 0.05) is 12.8 Å². The van der Waals surface area contributed by atoms with Crippen LogP contribution in [0.2, 0.25) is 0 Å². The molecular formula is C21H32F14O3. The van der Waals surface area contributed by atoms with E-state index in [1.165, 1.54) is 20.8 Å². The third kappa shape index (κ3) is 29.0. The van der Waals surface area contributed by atoms with Crippen molar-refractivity contribution in [2.45, 2.75) is 116 Å². The molecule has 0 spiro atoms. The van der Waals surface area contributed by atoms with Crippen LogP contribution in [0.1, 0.15) is 73.6 Å². The minimum Gasteiger partial charge on any atom is -0.489 e. The highest BCUT2D eigenvalue weighted by atomic mass is 19.4. The quantitative estimate of drug-likeness (QED) is 0.156. The molecule has 0 aliphatic rings. The Bertz CT molecular complexity index is 655. The van der Waals surface area contributed by atoms with E-state index in [9.17, 15) is 61.5 Å². The van der Waals surface area contributed by atoms with E-state index in [1.54, 1.807) is 6.92 Å². The number of hydrogen-bond acceptors (Lipinski definition) is 3. The van der Waals surface area contributed by atoms with E-state index in [2.05, 4.69) is 14.2 Å². The second-order valence-electron chi connectivity index (χ2n) is 8.14. The molecule has 0 saturated heterocycles. The Hall–Kier alpha value is -1.52. The smallest absolute Gasteiger partial charge is 0.397 e. The monoisotopic (exact) mass is 598 g/mol. The van der Waals surface area contributed by atoms with Crippen LogP contribution < -0.4 is 0 Å². The van der Waals surface area contributed by atoms with Crippen LogP contribution in [-0.4, -0.2) is 48.8 Å². The fourth-order valence-electron chi connectivity index (χ4n) is 1.65. The summed E-state index contributed by atoms with van der Waals surface area (Å²) in [6.07, 6.45) is -21.8. The molecule has 0 aliphatic carbocycles. The predicted molar refractivity (Wildman–Crippen MR) is 109 cm³/mol. The highest BCUT2D eigenvalue weighted by Crippen LogP contribution is 2.36. The molecule has 0 fully saturated rings. The summed E-state index contributed by atoms with van der Waals surface area (Å²) in [5, 5.41) is 0. The molecule has 0 aromatic rings. The lowest BCUT2D eigenvalue weighted by atomic mass is 10.2. The molecule has 0 rings (SSSR count). The van der Waals surface area contributed by atoms with Crippen LogP contribution in [0, 0.1) is 0 Å². The topological polar surface area (TPSA) is 27.7 Å². The van der Waals surface area contributed by atoms with Crippen molar-refractivity contribution in [2.24, 2.45) is 0 Å². The van der Waals surface area contributed by atoms with Crippen LogP contribution in [0.5, 0.6) is 0 Å². The van der Waals surface area contributed by atoms with Crippen LogP contribution >= 0.6 is 0 Å². The molecular weight excluding hydrogens is 566 g/mol. The Morgan fingerprint density at radius 2 is 1.18 bits per heavy atom. The summed E-state index contributed by atoms with van der Waals surface area (Å²) in [4.78, 5) is 0. The molecule has 0 N–H and O–H groups in total. The number of hydrogen-bond donors (Lipinski definition) is 0. The van der Waals surface area contributed by atoms with Crippen molar-refractivity contribution < 1.29 is 75.7 Å². The van der Waals surface area contributed by atoms with Gasteiger partial charge >= 0.3 is 24.5 Å². The average Bonchev–Trinajstić information content (AvgIpc) is 2.63. The lowest BCUT2D eigenvalue weighted by molar-refractivity contribution is -0.354. The van der Waals surface area contributed by atoms with E-state index in [4.69, 9.17) is 0 Å².